The van der Waals surface area contributed by atoms with Crippen LogP contribution in [0.25, 0.3) is 0 Å². The van der Waals surface area contributed by atoms with Gasteiger partial charge in [-0.25, -0.2) is 0 Å². The van der Waals surface area contributed by atoms with Crippen LogP contribution >= 0.6 is 0 Å². The normalized spacial score (nSPS) is 10.2. The lowest BCUT2D eigenvalue weighted by atomic mass is 10.1. The first-order chi connectivity index (χ1) is 12.0. The van der Waals surface area contributed by atoms with Gasteiger partial charge in [-0.1, -0.05) is 18.2 Å². The molecule has 0 fully saturated rings. The SMILES string of the molecule is COc1cc(CC(=O)N(CCC#N)c2ccc(C)c(C)c2)ccc1C. The third-order valence-electron chi connectivity index (χ3n) is 4.38. The van der Waals surface area contributed by atoms with Crippen molar-refractivity contribution in [1.82, 2.24) is 0 Å². The minimum absolute atomic E-state index is 0.0237. The summed E-state index contributed by atoms with van der Waals surface area (Å²) in [7, 11) is 1.63. The molecule has 130 valence electrons. The molecule has 0 N–H and O–H groups in total. The molecule has 0 bridgehead atoms. The first-order valence-electron chi connectivity index (χ1n) is 8.34. The standard InChI is InChI=1S/C21H24N2O2/c1-15-7-9-19(12-17(15)3)23(11-5-10-22)21(24)14-18-8-6-16(2)20(13-18)25-4/h6-9,12-13H,5,11,14H2,1-4H3. The number of ether oxygens (including phenoxy) is 1. The predicted octanol–water partition coefficient (Wildman–Crippen LogP) is 4.11. The average molecular weight is 336 g/mol. The summed E-state index contributed by atoms with van der Waals surface area (Å²) >= 11 is 0. The number of amides is 1. The maximum Gasteiger partial charge on any atom is 0.231 e. The van der Waals surface area contributed by atoms with E-state index < -0.39 is 0 Å². The summed E-state index contributed by atoms with van der Waals surface area (Å²) in [6.45, 7) is 6.43. The van der Waals surface area contributed by atoms with E-state index in [0.29, 0.717) is 13.0 Å². The number of nitriles is 1. The number of rotatable bonds is 6. The van der Waals surface area contributed by atoms with Crippen molar-refractivity contribution < 1.29 is 9.53 Å². The van der Waals surface area contributed by atoms with Crippen LogP contribution in [0.4, 0.5) is 5.69 Å². The zero-order valence-electron chi connectivity index (χ0n) is 15.3. The number of benzene rings is 2. The van der Waals surface area contributed by atoms with Crippen LogP contribution in [0.15, 0.2) is 36.4 Å². The fraction of sp³-hybridized carbons (Fsp3) is 0.333. The third-order valence-corrected chi connectivity index (χ3v) is 4.38. The van der Waals surface area contributed by atoms with E-state index in [1.165, 1.54) is 5.56 Å². The Kier molecular flexibility index (Phi) is 6.19. The van der Waals surface area contributed by atoms with Crippen molar-refractivity contribution >= 4 is 11.6 Å². The molecule has 2 rings (SSSR count). The number of hydrogen-bond acceptors (Lipinski definition) is 3. The second-order valence-electron chi connectivity index (χ2n) is 6.20. The van der Waals surface area contributed by atoms with Gasteiger partial charge in [-0.2, -0.15) is 5.26 Å². The molecule has 0 aliphatic rings. The molecule has 0 unspecified atom stereocenters. The predicted molar refractivity (Wildman–Crippen MR) is 99.9 cm³/mol. The molecule has 0 atom stereocenters. The van der Waals surface area contributed by atoms with E-state index >= 15 is 0 Å². The fourth-order valence-electron chi connectivity index (χ4n) is 2.70. The van der Waals surface area contributed by atoms with Gasteiger partial charge in [-0.05, 0) is 61.2 Å². The van der Waals surface area contributed by atoms with Gasteiger partial charge in [0.25, 0.3) is 0 Å². The Morgan fingerprint density at radius 1 is 1.08 bits per heavy atom. The van der Waals surface area contributed by atoms with Crippen LogP contribution in [0, 0.1) is 32.1 Å². The quantitative estimate of drug-likeness (QED) is 0.797. The zero-order chi connectivity index (χ0) is 18.4. The van der Waals surface area contributed by atoms with Crippen LogP contribution in [-0.2, 0) is 11.2 Å². The Morgan fingerprint density at radius 3 is 2.44 bits per heavy atom. The molecule has 0 aliphatic carbocycles. The monoisotopic (exact) mass is 336 g/mol. The lowest BCUT2D eigenvalue weighted by Gasteiger charge is -2.23. The lowest BCUT2D eigenvalue weighted by Crippen LogP contribution is -2.33. The maximum absolute atomic E-state index is 12.9. The summed E-state index contributed by atoms with van der Waals surface area (Å²) in [4.78, 5) is 14.6. The number of nitrogens with zero attached hydrogens (tertiary/aromatic N) is 2. The van der Waals surface area contributed by atoms with E-state index in [9.17, 15) is 4.79 Å². The minimum atomic E-state index is -0.0237. The third kappa shape index (κ3) is 4.60. The largest absolute Gasteiger partial charge is 0.496 e. The molecule has 0 saturated carbocycles. The number of carbonyl (C=O) groups is 1. The van der Waals surface area contributed by atoms with Crippen molar-refractivity contribution in [2.45, 2.75) is 33.6 Å². The highest BCUT2D eigenvalue weighted by molar-refractivity contribution is 5.95. The molecule has 0 spiro atoms. The molecule has 2 aromatic rings. The fourth-order valence-corrected chi connectivity index (χ4v) is 2.70. The van der Waals surface area contributed by atoms with E-state index in [-0.39, 0.29) is 12.3 Å². The Balaban J connectivity index is 2.26. The first-order valence-corrected chi connectivity index (χ1v) is 8.34. The molecule has 0 aromatic heterocycles. The summed E-state index contributed by atoms with van der Waals surface area (Å²) in [6, 6.07) is 13.9. The van der Waals surface area contributed by atoms with Crippen LogP contribution in [0.1, 0.15) is 28.7 Å². The highest BCUT2D eigenvalue weighted by Gasteiger charge is 2.17. The molecule has 2 aromatic carbocycles. The lowest BCUT2D eigenvalue weighted by molar-refractivity contribution is -0.118. The van der Waals surface area contributed by atoms with Gasteiger partial charge in [-0.3, -0.25) is 4.79 Å². The second-order valence-corrected chi connectivity index (χ2v) is 6.20. The van der Waals surface area contributed by atoms with Crippen molar-refractivity contribution in [2.75, 3.05) is 18.6 Å². The minimum Gasteiger partial charge on any atom is -0.496 e. The maximum atomic E-state index is 12.9. The van der Waals surface area contributed by atoms with Gasteiger partial charge in [0, 0.05) is 12.2 Å². The van der Waals surface area contributed by atoms with Crippen molar-refractivity contribution in [3.63, 3.8) is 0 Å². The molecule has 0 aliphatic heterocycles. The molecule has 0 heterocycles. The van der Waals surface area contributed by atoms with Gasteiger partial charge in [0.05, 0.1) is 26.0 Å². The van der Waals surface area contributed by atoms with Crippen molar-refractivity contribution in [2.24, 2.45) is 0 Å². The molecular formula is C21H24N2O2. The number of anilines is 1. The molecule has 0 radical (unpaired) electrons. The molecule has 0 saturated heterocycles. The summed E-state index contributed by atoms with van der Waals surface area (Å²) in [5, 5.41) is 8.93. The van der Waals surface area contributed by atoms with E-state index in [1.54, 1.807) is 12.0 Å². The van der Waals surface area contributed by atoms with Gasteiger partial charge in [0.2, 0.25) is 5.91 Å². The highest BCUT2D eigenvalue weighted by atomic mass is 16.5. The Hall–Kier alpha value is -2.80. The topological polar surface area (TPSA) is 53.3 Å². The Morgan fingerprint density at radius 2 is 1.80 bits per heavy atom. The van der Waals surface area contributed by atoms with Gasteiger partial charge in [0.1, 0.15) is 5.75 Å². The molecule has 4 heteroatoms. The average Bonchev–Trinajstić information content (AvgIpc) is 2.60. The number of hydrogen-bond donors (Lipinski definition) is 0. The summed E-state index contributed by atoms with van der Waals surface area (Å²) < 4.78 is 5.34. The van der Waals surface area contributed by atoms with Gasteiger partial charge < -0.3 is 9.64 Å². The van der Waals surface area contributed by atoms with Crippen LogP contribution in [0.2, 0.25) is 0 Å². The number of aryl methyl sites for hydroxylation is 3. The molecule has 4 nitrogen and oxygen atoms in total. The van der Waals surface area contributed by atoms with E-state index in [0.717, 1.165) is 28.1 Å². The van der Waals surface area contributed by atoms with Crippen molar-refractivity contribution in [1.29, 1.82) is 5.26 Å². The van der Waals surface area contributed by atoms with Gasteiger partial charge >= 0.3 is 0 Å². The van der Waals surface area contributed by atoms with E-state index in [1.807, 2.05) is 57.2 Å². The molecular weight excluding hydrogens is 312 g/mol. The number of methoxy groups -OCH3 is 1. The van der Waals surface area contributed by atoms with Crippen molar-refractivity contribution in [3.8, 4) is 11.8 Å². The van der Waals surface area contributed by atoms with E-state index in [2.05, 4.69) is 6.07 Å². The van der Waals surface area contributed by atoms with Gasteiger partial charge in [0.15, 0.2) is 0 Å². The van der Waals surface area contributed by atoms with Crippen LogP contribution in [0.3, 0.4) is 0 Å². The summed E-state index contributed by atoms with van der Waals surface area (Å²) in [6.07, 6.45) is 0.574. The zero-order valence-corrected chi connectivity index (χ0v) is 15.3. The summed E-state index contributed by atoms with van der Waals surface area (Å²) in [5.74, 6) is 0.754. The number of carbonyl (C=O) groups excluding carboxylic acids is 1. The second kappa shape index (κ2) is 8.34. The van der Waals surface area contributed by atoms with E-state index in [4.69, 9.17) is 10.00 Å². The summed E-state index contributed by atoms with van der Waals surface area (Å²) in [5.41, 5.74) is 5.08. The van der Waals surface area contributed by atoms with Crippen LogP contribution in [-0.4, -0.2) is 19.6 Å². The smallest absolute Gasteiger partial charge is 0.231 e. The highest BCUT2D eigenvalue weighted by Crippen LogP contribution is 2.23. The Bertz CT molecular complexity index is 806. The van der Waals surface area contributed by atoms with Crippen LogP contribution < -0.4 is 9.64 Å². The Labute approximate surface area is 149 Å². The van der Waals surface area contributed by atoms with Crippen LogP contribution in [0.5, 0.6) is 5.75 Å². The van der Waals surface area contributed by atoms with Gasteiger partial charge in [-0.15, -0.1) is 0 Å². The van der Waals surface area contributed by atoms with Crippen molar-refractivity contribution in [3.05, 3.63) is 58.7 Å². The molecule has 25 heavy (non-hydrogen) atoms. The first kappa shape index (κ1) is 18.5. The molecule has 1 amide bonds.